The molecule has 2 nitrogen and oxygen atoms in total. The predicted molar refractivity (Wildman–Crippen MR) is 130 cm³/mol. The molecule has 0 fully saturated rings. The Bertz CT molecular complexity index is 394. The maximum atomic E-state index is 12.3. The summed E-state index contributed by atoms with van der Waals surface area (Å²) < 4.78 is 0. The molecule has 0 aliphatic carbocycles. The van der Waals surface area contributed by atoms with E-state index in [1.807, 2.05) is 0 Å². The number of hydrogen-bond acceptors (Lipinski definition) is 1. The van der Waals surface area contributed by atoms with Crippen LogP contribution >= 0.6 is 0 Å². The van der Waals surface area contributed by atoms with Gasteiger partial charge in [0.15, 0.2) is 0 Å². The molecule has 2 unspecified atom stereocenters. The lowest BCUT2D eigenvalue weighted by atomic mass is 9.77. The van der Waals surface area contributed by atoms with Crippen LogP contribution in [0.4, 0.5) is 0 Å². The fourth-order valence-corrected chi connectivity index (χ4v) is 4.56. The van der Waals surface area contributed by atoms with E-state index in [1.54, 1.807) is 0 Å². The maximum Gasteiger partial charge on any atom is 0.220 e. The molecule has 29 heavy (non-hydrogen) atoms. The second kappa shape index (κ2) is 17.2. The average molecular weight is 410 g/mol. The minimum Gasteiger partial charge on any atom is -0.356 e. The van der Waals surface area contributed by atoms with E-state index in [0.717, 1.165) is 13.0 Å². The van der Waals surface area contributed by atoms with Gasteiger partial charge in [-0.25, -0.2) is 0 Å². The number of nitrogens with one attached hydrogen (secondary N) is 1. The molecule has 2 heteroatoms. The number of hydrogen-bond donors (Lipinski definition) is 1. The number of carbonyl (C=O) groups is 1. The normalized spacial score (nSPS) is 15.7. The zero-order valence-corrected chi connectivity index (χ0v) is 21.1. The maximum absolute atomic E-state index is 12.3. The highest BCUT2D eigenvalue weighted by Gasteiger charge is 2.23. The number of unbranched alkanes of at least 4 members (excludes halogenated alkanes) is 7. The molecule has 0 heterocycles. The van der Waals surface area contributed by atoms with Crippen LogP contribution in [-0.2, 0) is 4.79 Å². The second-order valence-corrected chi connectivity index (χ2v) is 10.3. The molecule has 1 N–H and O–H groups in total. The Morgan fingerprint density at radius 2 is 1.17 bits per heavy atom. The highest BCUT2D eigenvalue weighted by molar-refractivity contribution is 5.75. The van der Waals surface area contributed by atoms with Crippen LogP contribution in [0.2, 0.25) is 0 Å². The van der Waals surface area contributed by atoms with Gasteiger partial charge < -0.3 is 5.32 Å². The highest BCUT2D eigenvalue weighted by Crippen LogP contribution is 2.34. The molecule has 0 aliphatic heterocycles. The first-order chi connectivity index (χ1) is 13.8. The van der Waals surface area contributed by atoms with Gasteiger partial charge in [-0.1, -0.05) is 112 Å². The van der Waals surface area contributed by atoms with Crippen molar-refractivity contribution < 1.29 is 4.79 Å². The third kappa shape index (κ3) is 15.0. The lowest BCUT2D eigenvalue weighted by Gasteiger charge is -2.29. The van der Waals surface area contributed by atoms with Crippen LogP contribution in [0, 0.1) is 10.8 Å². The summed E-state index contributed by atoms with van der Waals surface area (Å²) in [5, 5.41) is 3.24. The van der Waals surface area contributed by atoms with Crippen molar-refractivity contribution in [2.75, 3.05) is 6.54 Å². The molecule has 0 aromatic rings. The van der Waals surface area contributed by atoms with Crippen molar-refractivity contribution in [1.29, 1.82) is 0 Å². The van der Waals surface area contributed by atoms with Gasteiger partial charge in [-0.3, -0.25) is 4.79 Å². The van der Waals surface area contributed by atoms with Crippen molar-refractivity contribution in [2.24, 2.45) is 10.8 Å². The number of rotatable bonds is 20. The predicted octanol–water partition coefficient (Wildman–Crippen LogP) is 8.83. The van der Waals surface area contributed by atoms with Crippen LogP contribution in [0.25, 0.3) is 0 Å². The molecule has 1 amide bonds. The van der Waals surface area contributed by atoms with Crippen molar-refractivity contribution >= 4 is 5.91 Å². The lowest BCUT2D eigenvalue weighted by molar-refractivity contribution is -0.121. The summed E-state index contributed by atoms with van der Waals surface area (Å²) in [7, 11) is 0. The Labute approximate surface area is 184 Å². The van der Waals surface area contributed by atoms with Crippen molar-refractivity contribution in [1.82, 2.24) is 5.32 Å². The van der Waals surface area contributed by atoms with Crippen LogP contribution in [0.5, 0.6) is 0 Å². The van der Waals surface area contributed by atoms with Crippen LogP contribution in [0.3, 0.4) is 0 Å². The van der Waals surface area contributed by atoms with E-state index in [0.29, 0.717) is 11.8 Å². The molecule has 0 bridgehead atoms. The van der Waals surface area contributed by atoms with Gasteiger partial charge in [0.25, 0.3) is 0 Å². The minimum atomic E-state index is 0.262. The SMILES string of the molecule is CCCCCCC(C)(CC)CCCCCCC(=O)NCC(C)(CCC)CCCC. The first kappa shape index (κ1) is 28.5. The van der Waals surface area contributed by atoms with Crippen LogP contribution in [0.15, 0.2) is 0 Å². The quantitative estimate of drug-likeness (QED) is 0.200. The summed E-state index contributed by atoms with van der Waals surface area (Å²) >= 11 is 0. The molecule has 0 saturated carbocycles. The van der Waals surface area contributed by atoms with Gasteiger partial charge in [0.05, 0.1) is 0 Å². The summed E-state index contributed by atoms with van der Waals surface area (Å²) in [5.74, 6) is 0.262. The van der Waals surface area contributed by atoms with Gasteiger partial charge in [0.1, 0.15) is 0 Å². The van der Waals surface area contributed by atoms with E-state index in [1.165, 1.54) is 96.3 Å². The van der Waals surface area contributed by atoms with E-state index in [9.17, 15) is 4.79 Å². The Hall–Kier alpha value is -0.530. The summed E-state index contributed by atoms with van der Waals surface area (Å²) in [5.41, 5.74) is 0.815. The molecule has 0 aromatic carbocycles. The summed E-state index contributed by atoms with van der Waals surface area (Å²) in [6, 6.07) is 0. The zero-order chi connectivity index (χ0) is 22.0. The average Bonchev–Trinajstić information content (AvgIpc) is 2.71. The third-order valence-corrected chi connectivity index (χ3v) is 7.12. The first-order valence-electron chi connectivity index (χ1n) is 13.1. The van der Waals surface area contributed by atoms with Crippen molar-refractivity contribution in [3.8, 4) is 0 Å². The molecule has 0 rings (SSSR count). The summed E-state index contributed by atoms with van der Waals surface area (Å²) in [4.78, 5) is 12.3. The highest BCUT2D eigenvalue weighted by atomic mass is 16.1. The number of carbonyl (C=O) groups excluding carboxylic acids is 1. The Morgan fingerprint density at radius 1 is 0.621 bits per heavy atom. The van der Waals surface area contributed by atoms with E-state index in [2.05, 4.69) is 46.9 Å². The largest absolute Gasteiger partial charge is 0.356 e. The van der Waals surface area contributed by atoms with Gasteiger partial charge in [-0.05, 0) is 42.9 Å². The number of amides is 1. The molecule has 0 aromatic heterocycles. The van der Waals surface area contributed by atoms with E-state index >= 15 is 0 Å². The Balaban J connectivity index is 3.93. The lowest BCUT2D eigenvalue weighted by Crippen LogP contribution is -2.35. The van der Waals surface area contributed by atoms with E-state index in [-0.39, 0.29) is 11.3 Å². The Kier molecular flexibility index (Phi) is 16.9. The summed E-state index contributed by atoms with van der Waals surface area (Å²) in [6.45, 7) is 14.8. The molecule has 0 aliphatic rings. The van der Waals surface area contributed by atoms with Crippen molar-refractivity contribution in [3.05, 3.63) is 0 Å². The smallest absolute Gasteiger partial charge is 0.220 e. The van der Waals surface area contributed by atoms with Crippen LogP contribution < -0.4 is 5.32 Å². The molecular formula is C27H55NO. The van der Waals surface area contributed by atoms with Gasteiger partial charge in [-0.15, -0.1) is 0 Å². The van der Waals surface area contributed by atoms with E-state index in [4.69, 9.17) is 0 Å². The second-order valence-electron chi connectivity index (χ2n) is 10.3. The molecule has 174 valence electrons. The standard InChI is InChI=1S/C27H55NO/c1-7-11-13-17-22-26(5,10-4)23-18-15-14-16-19-25(29)28-24-27(6,20-9-3)21-12-8-2/h7-24H2,1-6H3,(H,28,29). The molecule has 2 atom stereocenters. The van der Waals surface area contributed by atoms with E-state index < -0.39 is 0 Å². The minimum absolute atomic E-state index is 0.262. The zero-order valence-electron chi connectivity index (χ0n) is 21.1. The Morgan fingerprint density at radius 3 is 1.72 bits per heavy atom. The summed E-state index contributed by atoms with van der Waals surface area (Å²) in [6.07, 6.45) is 21.3. The van der Waals surface area contributed by atoms with Gasteiger partial charge in [0, 0.05) is 13.0 Å². The fraction of sp³-hybridized carbons (Fsp3) is 0.963. The molecule has 0 radical (unpaired) electrons. The topological polar surface area (TPSA) is 29.1 Å². The van der Waals surface area contributed by atoms with Crippen molar-refractivity contribution in [2.45, 2.75) is 151 Å². The van der Waals surface area contributed by atoms with Crippen LogP contribution in [0.1, 0.15) is 151 Å². The molecule has 0 spiro atoms. The van der Waals surface area contributed by atoms with Gasteiger partial charge >= 0.3 is 0 Å². The third-order valence-electron chi connectivity index (χ3n) is 7.12. The van der Waals surface area contributed by atoms with Gasteiger partial charge in [0.2, 0.25) is 5.91 Å². The first-order valence-corrected chi connectivity index (χ1v) is 13.1. The molecular weight excluding hydrogens is 354 g/mol. The molecule has 0 saturated heterocycles. The fourth-order valence-electron chi connectivity index (χ4n) is 4.56. The van der Waals surface area contributed by atoms with Crippen molar-refractivity contribution in [3.63, 3.8) is 0 Å². The van der Waals surface area contributed by atoms with Gasteiger partial charge in [-0.2, -0.15) is 0 Å². The monoisotopic (exact) mass is 409 g/mol. The van der Waals surface area contributed by atoms with Crippen LogP contribution in [-0.4, -0.2) is 12.5 Å².